The lowest BCUT2D eigenvalue weighted by Gasteiger charge is -2.20. The first-order valence-electron chi connectivity index (χ1n) is 20.7. The van der Waals surface area contributed by atoms with Crippen molar-refractivity contribution in [2.75, 3.05) is 19.8 Å². The van der Waals surface area contributed by atoms with Crippen LogP contribution in [0, 0.1) is 0 Å². The highest BCUT2D eigenvalue weighted by Gasteiger charge is 2.28. The zero-order valence-electron chi connectivity index (χ0n) is 33.6. The molecule has 0 fully saturated rings. The summed E-state index contributed by atoms with van der Waals surface area (Å²) >= 11 is 0. The van der Waals surface area contributed by atoms with Crippen LogP contribution in [0.25, 0.3) is 0 Å². The van der Waals surface area contributed by atoms with Crippen LogP contribution in [0.15, 0.2) is 48.6 Å². The van der Waals surface area contributed by atoms with Crippen LogP contribution >= 0.6 is 7.82 Å². The van der Waals surface area contributed by atoms with Gasteiger partial charge in [-0.15, -0.1) is 0 Å². The summed E-state index contributed by atoms with van der Waals surface area (Å²) in [6.45, 7) is 2.70. The topological polar surface area (TPSA) is 172 Å². The number of hydrogen-bond acceptors (Lipinski definition) is 9. The molecule has 0 aliphatic rings. The number of aliphatic carboxylic acids is 1. The van der Waals surface area contributed by atoms with E-state index in [2.05, 4.69) is 67.0 Å². The molecular formula is C42H74NO10P. The summed E-state index contributed by atoms with van der Waals surface area (Å²) in [5.41, 5.74) is 5.32. The van der Waals surface area contributed by atoms with Gasteiger partial charge in [0.25, 0.3) is 0 Å². The van der Waals surface area contributed by atoms with E-state index in [0.717, 1.165) is 57.8 Å². The van der Waals surface area contributed by atoms with Crippen LogP contribution in [-0.2, 0) is 37.5 Å². The van der Waals surface area contributed by atoms with E-state index in [1.165, 1.54) is 70.6 Å². The molecule has 0 aromatic heterocycles. The Morgan fingerprint density at radius 1 is 0.574 bits per heavy atom. The molecule has 0 aromatic rings. The molecule has 0 amide bonds. The van der Waals surface area contributed by atoms with Crippen LogP contribution in [0.4, 0.5) is 0 Å². The first kappa shape index (κ1) is 51.4. The Labute approximate surface area is 326 Å². The van der Waals surface area contributed by atoms with Gasteiger partial charge in [0.15, 0.2) is 6.10 Å². The third kappa shape index (κ3) is 36.4. The maximum absolute atomic E-state index is 12.6. The Morgan fingerprint density at radius 3 is 1.56 bits per heavy atom. The Morgan fingerprint density at radius 2 is 0.981 bits per heavy atom. The van der Waals surface area contributed by atoms with Gasteiger partial charge >= 0.3 is 25.7 Å². The molecule has 0 rings (SSSR count). The molecule has 0 spiro atoms. The maximum Gasteiger partial charge on any atom is 0.472 e. The molecule has 3 atom stereocenters. The van der Waals surface area contributed by atoms with E-state index >= 15 is 0 Å². The van der Waals surface area contributed by atoms with Crippen LogP contribution in [0.5, 0.6) is 0 Å². The van der Waals surface area contributed by atoms with Gasteiger partial charge in [-0.2, -0.15) is 0 Å². The molecule has 0 radical (unpaired) electrons. The fraction of sp³-hybridized carbons (Fsp3) is 0.738. The van der Waals surface area contributed by atoms with Crippen LogP contribution in [0.1, 0.15) is 168 Å². The Bertz CT molecular complexity index is 1110. The highest BCUT2D eigenvalue weighted by molar-refractivity contribution is 7.47. The number of carbonyl (C=O) groups excluding carboxylic acids is 2. The standard InChI is InChI=1S/C42H74NO10P/c1-3-5-7-9-11-13-15-17-19-21-23-25-27-29-31-33-40(44)50-35-38(36-51-54(48,49)52-37-39(43)42(46)47)53-41(45)34-32-30-28-26-24-22-20-18-16-14-12-10-8-6-4-2/h12-15,18,20,24,26,38-39H,3-11,16-17,19,21-23,25,27-37,43H2,1-2H3,(H,46,47)(H,48,49)/b14-12+,15-13+,20-18+,26-24+/t38-,39+/m1/s1. The normalized spacial score (nSPS) is 14.3. The molecule has 1 unspecified atom stereocenters. The summed E-state index contributed by atoms with van der Waals surface area (Å²) < 4.78 is 32.6. The van der Waals surface area contributed by atoms with Crippen molar-refractivity contribution in [1.29, 1.82) is 0 Å². The number of hydrogen-bond donors (Lipinski definition) is 3. The maximum atomic E-state index is 12.6. The highest BCUT2D eigenvalue weighted by Crippen LogP contribution is 2.43. The van der Waals surface area contributed by atoms with Crippen molar-refractivity contribution < 1.29 is 47.5 Å². The Hall–Kier alpha value is -2.56. The number of carbonyl (C=O) groups is 3. The van der Waals surface area contributed by atoms with Crippen LogP contribution < -0.4 is 5.73 Å². The lowest BCUT2D eigenvalue weighted by atomic mass is 10.1. The molecule has 12 heteroatoms. The average Bonchev–Trinajstić information content (AvgIpc) is 3.14. The molecule has 0 saturated heterocycles. The van der Waals surface area contributed by atoms with Crippen LogP contribution in [-0.4, -0.2) is 59.9 Å². The number of phosphoric acid groups is 1. The van der Waals surface area contributed by atoms with Gasteiger partial charge < -0.3 is 25.2 Å². The predicted octanol–water partition coefficient (Wildman–Crippen LogP) is 10.6. The number of rotatable bonds is 38. The molecule has 11 nitrogen and oxygen atoms in total. The monoisotopic (exact) mass is 784 g/mol. The molecule has 0 bridgehead atoms. The minimum absolute atomic E-state index is 0.110. The summed E-state index contributed by atoms with van der Waals surface area (Å²) in [5.74, 6) is -2.44. The number of unbranched alkanes of at least 4 members (excludes halogenated alkanes) is 16. The predicted molar refractivity (Wildman–Crippen MR) is 217 cm³/mol. The van der Waals surface area contributed by atoms with E-state index in [4.69, 9.17) is 24.8 Å². The largest absolute Gasteiger partial charge is 0.480 e. The fourth-order valence-corrected chi connectivity index (χ4v) is 6.02. The summed E-state index contributed by atoms with van der Waals surface area (Å²) in [7, 11) is -4.72. The molecule has 54 heavy (non-hydrogen) atoms. The van der Waals surface area contributed by atoms with E-state index in [1.54, 1.807) is 0 Å². The van der Waals surface area contributed by atoms with Crippen molar-refractivity contribution in [2.24, 2.45) is 5.73 Å². The van der Waals surface area contributed by atoms with Gasteiger partial charge in [-0.3, -0.25) is 23.4 Å². The summed E-state index contributed by atoms with van der Waals surface area (Å²) in [6, 6.07) is -1.53. The second kappa shape index (κ2) is 37.4. The zero-order chi connectivity index (χ0) is 40.0. The van der Waals surface area contributed by atoms with Crippen molar-refractivity contribution in [1.82, 2.24) is 0 Å². The lowest BCUT2D eigenvalue weighted by Crippen LogP contribution is -2.34. The number of nitrogens with two attached hydrogens (primary N) is 1. The molecular weight excluding hydrogens is 709 g/mol. The van der Waals surface area contributed by atoms with Crippen molar-refractivity contribution in [3.8, 4) is 0 Å². The number of carboxylic acids is 1. The number of allylic oxidation sites excluding steroid dienone is 8. The molecule has 0 aliphatic heterocycles. The van der Waals surface area contributed by atoms with Gasteiger partial charge in [0.1, 0.15) is 12.6 Å². The fourth-order valence-electron chi connectivity index (χ4n) is 5.24. The van der Waals surface area contributed by atoms with Crippen molar-refractivity contribution >= 4 is 25.7 Å². The first-order valence-corrected chi connectivity index (χ1v) is 22.2. The molecule has 0 aromatic carbocycles. The third-order valence-corrected chi connectivity index (χ3v) is 9.50. The van der Waals surface area contributed by atoms with E-state index in [0.29, 0.717) is 12.8 Å². The highest BCUT2D eigenvalue weighted by atomic mass is 31.2. The van der Waals surface area contributed by atoms with E-state index in [-0.39, 0.29) is 19.4 Å². The van der Waals surface area contributed by atoms with Gasteiger partial charge in [0.2, 0.25) is 0 Å². The van der Waals surface area contributed by atoms with Gasteiger partial charge in [0.05, 0.1) is 13.2 Å². The number of carboxylic acid groups (broad SMARTS) is 1. The van der Waals surface area contributed by atoms with E-state index < -0.39 is 51.1 Å². The molecule has 0 heterocycles. The molecule has 0 saturated carbocycles. The van der Waals surface area contributed by atoms with Gasteiger partial charge in [-0.25, -0.2) is 4.57 Å². The summed E-state index contributed by atoms with van der Waals surface area (Å²) in [6.07, 6.45) is 40.3. The zero-order valence-corrected chi connectivity index (χ0v) is 34.4. The second-order valence-corrected chi connectivity index (χ2v) is 15.2. The van der Waals surface area contributed by atoms with Gasteiger partial charge in [-0.1, -0.05) is 127 Å². The number of phosphoric ester groups is 1. The third-order valence-electron chi connectivity index (χ3n) is 8.55. The van der Waals surface area contributed by atoms with Gasteiger partial charge in [-0.05, 0) is 77.0 Å². The number of ether oxygens (including phenoxy) is 2. The van der Waals surface area contributed by atoms with E-state index in [1.807, 2.05) is 0 Å². The van der Waals surface area contributed by atoms with Crippen molar-refractivity contribution in [2.45, 2.75) is 180 Å². The quantitative estimate of drug-likeness (QED) is 0.0235. The number of esters is 2. The van der Waals surface area contributed by atoms with Gasteiger partial charge in [0, 0.05) is 12.8 Å². The lowest BCUT2D eigenvalue weighted by molar-refractivity contribution is -0.161. The van der Waals surface area contributed by atoms with Crippen molar-refractivity contribution in [3.63, 3.8) is 0 Å². The minimum Gasteiger partial charge on any atom is -0.480 e. The minimum atomic E-state index is -4.72. The second-order valence-electron chi connectivity index (χ2n) is 13.8. The van der Waals surface area contributed by atoms with Crippen molar-refractivity contribution in [3.05, 3.63) is 48.6 Å². The first-order chi connectivity index (χ1) is 26.1. The molecule has 4 N–H and O–H groups in total. The van der Waals surface area contributed by atoms with Crippen LogP contribution in [0.2, 0.25) is 0 Å². The average molecular weight is 784 g/mol. The smallest absolute Gasteiger partial charge is 0.472 e. The van der Waals surface area contributed by atoms with Crippen LogP contribution in [0.3, 0.4) is 0 Å². The Kier molecular flexibility index (Phi) is 35.6. The SMILES string of the molecule is CCCCC/C=C/C/C=C/C/C=C/CCCCC(=O)O[C@H](COC(=O)CCCCCCCCC/C=C/CCCCCC)COP(=O)(O)OC[C@H](N)C(=O)O. The summed E-state index contributed by atoms with van der Waals surface area (Å²) in [4.78, 5) is 45.8. The molecule has 312 valence electrons. The Balaban J connectivity index is 4.48. The molecule has 0 aliphatic carbocycles. The summed E-state index contributed by atoms with van der Waals surface area (Å²) in [5, 5.41) is 8.87. The van der Waals surface area contributed by atoms with E-state index in [9.17, 15) is 23.8 Å².